The predicted molar refractivity (Wildman–Crippen MR) is 94.8 cm³/mol. The Balaban J connectivity index is 0.00000529. The maximum Gasteiger partial charge on any atom is 0.317 e. The molecule has 0 saturated carbocycles. The van der Waals surface area contributed by atoms with Gasteiger partial charge in [-0.2, -0.15) is 0 Å². The van der Waals surface area contributed by atoms with Crippen LogP contribution in [0.5, 0.6) is 11.5 Å². The van der Waals surface area contributed by atoms with Gasteiger partial charge in [0.1, 0.15) is 11.5 Å². The van der Waals surface area contributed by atoms with Crippen molar-refractivity contribution < 1.29 is 24.2 Å². The van der Waals surface area contributed by atoms with Gasteiger partial charge < -0.3 is 19.9 Å². The first-order valence-corrected chi connectivity index (χ1v) is 7.44. The first-order valence-electron chi connectivity index (χ1n) is 7.06. The molecule has 0 heterocycles. The number of carbonyl (C=O) groups is 2. The number of ether oxygens (including phenoxy) is 2. The van der Waals surface area contributed by atoms with Crippen LogP contribution in [0.3, 0.4) is 0 Å². The van der Waals surface area contributed by atoms with Crippen LogP contribution < -0.4 is 14.8 Å². The highest BCUT2D eigenvalue weighted by atomic mass is 35.5. The third-order valence-corrected chi connectivity index (χ3v) is 3.31. The Kier molecular flexibility index (Phi) is 10.2. The van der Waals surface area contributed by atoms with Gasteiger partial charge in [0, 0.05) is 12.1 Å². The Morgan fingerprint density at radius 2 is 1.83 bits per heavy atom. The molecule has 7 nitrogen and oxygen atoms in total. The minimum absolute atomic E-state index is 0. The summed E-state index contributed by atoms with van der Waals surface area (Å²) in [4.78, 5) is 24.5. The summed E-state index contributed by atoms with van der Waals surface area (Å²) < 4.78 is 10.3. The van der Waals surface area contributed by atoms with Gasteiger partial charge in [-0.3, -0.25) is 14.5 Å². The van der Waals surface area contributed by atoms with E-state index in [1.807, 2.05) is 6.92 Å². The molecule has 0 aliphatic rings. The third kappa shape index (κ3) is 6.82. The van der Waals surface area contributed by atoms with Gasteiger partial charge in [-0.1, -0.05) is 18.5 Å². The summed E-state index contributed by atoms with van der Waals surface area (Å²) in [7, 11) is 2.93. The average Bonchev–Trinajstić information content (AvgIpc) is 2.48. The Hall–Kier alpha value is -1.70. The lowest BCUT2D eigenvalue weighted by molar-refractivity contribution is -0.138. The normalized spacial score (nSPS) is 10.0. The molecule has 0 radical (unpaired) electrons. The van der Waals surface area contributed by atoms with E-state index in [9.17, 15) is 9.59 Å². The molecule has 0 unspecified atom stereocenters. The number of aliphatic carboxylic acids is 1. The number of benzene rings is 1. The van der Waals surface area contributed by atoms with Crippen LogP contribution in [0.4, 0.5) is 5.69 Å². The highest BCUT2D eigenvalue weighted by molar-refractivity contribution is 6.32. The van der Waals surface area contributed by atoms with Crippen LogP contribution in [0.25, 0.3) is 0 Å². The van der Waals surface area contributed by atoms with E-state index in [1.54, 1.807) is 11.0 Å². The van der Waals surface area contributed by atoms with Crippen LogP contribution in [0.2, 0.25) is 5.02 Å². The van der Waals surface area contributed by atoms with Gasteiger partial charge in [0.25, 0.3) is 0 Å². The largest absolute Gasteiger partial charge is 0.495 e. The molecule has 1 amide bonds. The second-order valence-corrected chi connectivity index (χ2v) is 5.25. The Morgan fingerprint density at radius 3 is 2.33 bits per heavy atom. The van der Waals surface area contributed by atoms with Crippen molar-refractivity contribution in [3.63, 3.8) is 0 Å². The molecule has 1 rings (SSSR count). The van der Waals surface area contributed by atoms with E-state index >= 15 is 0 Å². The molecule has 24 heavy (non-hydrogen) atoms. The molecule has 0 aromatic heterocycles. The average molecular weight is 381 g/mol. The van der Waals surface area contributed by atoms with E-state index < -0.39 is 5.97 Å². The Morgan fingerprint density at radius 1 is 1.21 bits per heavy atom. The van der Waals surface area contributed by atoms with Gasteiger partial charge in [0.05, 0.1) is 38.0 Å². The van der Waals surface area contributed by atoms with Crippen LogP contribution in [-0.4, -0.2) is 55.7 Å². The number of hydrogen-bond donors (Lipinski definition) is 2. The third-order valence-electron chi connectivity index (χ3n) is 3.01. The quantitative estimate of drug-likeness (QED) is 0.684. The molecule has 9 heteroatoms. The van der Waals surface area contributed by atoms with Crippen molar-refractivity contribution in [3.8, 4) is 11.5 Å². The molecule has 0 spiro atoms. The summed E-state index contributed by atoms with van der Waals surface area (Å²) in [6.45, 7) is 2.21. The Bertz CT molecular complexity index is 569. The lowest BCUT2D eigenvalue weighted by atomic mass is 10.2. The van der Waals surface area contributed by atoms with Gasteiger partial charge in [-0.15, -0.1) is 12.4 Å². The van der Waals surface area contributed by atoms with E-state index in [0.29, 0.717) is 28.8 Å². The maximum atomic E-state index is 12.2. The van der Waals surface area contributed by atoms with Crippen LogP contribution in [0.15, 0.2) is 12.1 Å². The summed E-state index contributed by atoms with van der Waals surface area (Å²) in [5.41, 5.74) is 0.408. The number of methoxy groups -OCH3 is 2. The fourth-order valence-corrected chi connectivity index (χ4v) is 2.30. The molecule has 0 saturated heterocycles. The van der Waals surface area contributed by atoms with Gasteiger partial charge in [0.15, 0.2) is 0 Å². The molecule has 136 valence electrons. The molecule has 1 aromatic carbocycles. The molecule has 0 atom stereocenters. The molecule has 1 aromatic rings. The lowest BCUT2D eigenvalue weighted by Crippen LogP contribution is -2.37. The Labute approximate surface area is 152 Å². The number of halogens is 2. The zero-order valence-electron chi connectivity index (χ0n) is 13.8. The van der Waals surface area contributed by atoms with Gasteiger partial charge in [0.2, 0.25) is 5.91 Å². The minimum atomic E-state index is -0.975. The predicted octanol–water partition coefficient (Wildman–Crippen LogP) is 2.51. The van der Waals surface area contributed by atoms with Crippen molar-refractivity contribution >= 4 is 41.6 Å². The van der Waals surface area contributed by atoms with E-state index in [-0.39, 0.29) is 31.4 Å². The maximum absolute atomic E-state index is 12.2. The van der Waals surface area contributed by atoms with Gasteiger partial charge in [-0.25, -0.2) is 0 Å². The molecule has 0 bridgehead atoms. The van der Waals surface area contributed by atoms with Gasteiger partial charge >= 0.3 is 5.97 Å². The monoisotopic (exact) mass is 380 g/mol. The van der Waals surface area contributed by atoms with Crippen molar-refractivity contribution in [1.29, 1.82) is 0 Å². The molecular weight excluding hydrogens is 359 g/mol. The highest BCUT2D eigenvalue weighted by Gasteiger charge is 2.16. The highest BCUT2D eigenvalue weighted by Crippen LogP contribution is 2.35. The number of carbonyl (C=O) groups excluding carboxylic acids is 1. The molecule has 0 aliphatic carbocycles. The van der Waals surface area contributed by atoms with Crippen LogP contribution in [0, 0.1) is 0 Å². The standard InChI is InChI=1S/C15H21ClN2O5.ClH/c1-4-5-18(9-15(20)21)8-14(19)17-11-7-12(22-2)10(16)6-13(11)23-3;/h6-7H,4-5,8-9H2,1-3H3,(H,17,19)(H,20,21);1H. The van der Waals surface area contributed by atoms with Crippen molar-refractivity contribution in [2.45, 2.75) is 13.3 Å². The van der Waals surface area contributed by atoms with E-state index in [1.165, 1.54) is 20.3 Å². The smallest absolute Gasteiger partial charge is 0.317 e. The summed E-state index contributed by atoms with van der Waals surface area (Å²) in [5.74, 6) is -0.525. The van der Waals surface area contributed by atoms with Crippen molar-refractivity contribution in [2.75, 3.05) is 39.2 Å². The number of nitrogens with zero attached hydrogens (tertiary/aromatic N) is 1. The number of rotatable bonds is 9. The SMILES string of the molecule is CCCN(CC(=O)O)CC(=O)Nc1cc(OC)c(Cl)cc1OC.Cl. The van der Waals surface area contributed by atoms with Crippen molar-refractivity contribution in [1.82, 2.24) is 4.90 Å². The van der Waals surface area contributed by atoms with Crippen LogP contribution >= 0.6 is 24.0 Å². The lowest BCUT2D eigenvalue weighted by Gasteiger charge is -2.19. The number of carboxylic acids is 1. The zero-order valence-corrected chi connectivity index (χ0v) is 15.4. The number of nitrogens with one attached hydrogen (secondary N) is 1. The number of anilines is 1. The summed E-state index contributed by atoms with van der Waals surface area (Å²) in [6, 6.07) is 3.09. The van der Waals surface area contributed by atoms with Crippen molar-refractivity contribution in [3.05, 3.63) is 17.2 Å². The molecule has 0 fully saturated rings. The molecular formula is C15H22Cl2N2O5. The molecule has 0 aliphatic heterocycles. The zero-order chi connectivity index (χ0) is 17.4. The fraction of sp³-hybridized carbons (Fsp3) is 0.467. The molecule has 2 N–H and O–H groups in total. The topological polar surface area (TPSA) is 88.1 Å². The van der Waals surface area contributed by atoms with E-state index in [0.717, 1.165) is 6.42 Å². The minimum Gasteiger partial charge on any atom is -0.495 e. The number of carboxylic acid groups (broad SMARTS) is 1. The number of hydrogen-bond acceptors (Lipinski definition) is 5. The van der Waals surface area contributed by atoms with Gasteiger partial charge in [-0.05, 0) is 13.0 Å². The summed E-state index contributed by atoms with van der Waals surface area (Å²) in [6.07, 6.45) is 0.749. The van der Waals surface area contributed by atoms with Crippen molar-refractivity contribution in [2.24, 2.45) is 0 Å². The van der Waals surface area contributed by atoms with E-state index in [2.05, 4.69) is 5.32 Å². The first kappa shape index (κ1) is 22.3. The van der Waals surface area contributed by atoms with Crippen LogP contribution in [-0.2, 0) is 9.59 Å². The second-order valence-electron chi connectivity index (χ2n) is 4.84. The number of amides is 1. The summed E-state index contributed by atoms with van der Waals surface area (Å²) in [5, 5.41) is 11.9. The first-order chi connectivity index (χ1) is 10.9. The van der Waals surface area contributed by atoms with E-state index in [4.69, 9.17) is 26.2 Å². The van der Waals surface area contributed by atoms with Crippen LogP contribution in [0.1, 0.15) is 13.3 Å². The second kappa shape index (κ2) is 11.0. The fourth-order valence-electron chi connectivity index (χ4n) is 2.07. The summed E-state index contributed by atoms with van der Waals surface area (Å²) >= 11 is 6.01.